The van der Waals surface area contributed by atoms with Crippen LogP contribution < -0.4 is 17.3 Å². The number of guanidine groups is 1. The van der Waals surface area contributed by atoms with Crippen LogP contribution in [0.3, 0.4) is 0 Å². The number of aromatic nitrogens is 8. The van der Waals surface area contributed by atoms with Crippen LogP contribution >= 0.6 is 0 Å². The molecule has 0 spiro atoms. The van der Waals surface area contributed by atoms with Crippen molar-refractivity contribution in [1.82, 2.24) is 41.2 Å². The monoisotopic (exact) mass is 214 g/mol. The van der Waals surface area contributed by atoms with E-state index in [9.17, 15) is 0 Å². The standard InChI is InChI=1S/2CH2N4.CH6N4/c2*1-2-4-5-3-1;2-1(3)5-4/h2*1H,(H,2,3,4,5);4H2,(H4,2,3,5). The quantitative estimate of drug-likeness (QED) is 0.128. The molecule has 0 radical (unpaired) electrons. The molecule has 2 aromatic rings. The summed E-state index contributed by atoms with van der Waals surface area (Å²) in [6.45, 7) is 0. The number of rotatable bonds is 0. The second kappa shape index (κ2) is 9.30. The Morgan fingerprint density at radius 1 is 1.00 bits per heavy atom. The fraction of sp³-hybridized carbons (Fsp3) is 0. The Labute approximate surface area is 83.3 Å². The first-order valence-corrected chi connectivity index (χ1v) is 3.39. The summed E-state index contributed by atoms with van der Waals surface area (Å²) in [6, 6.07) is 0. The van der Waals surface area contributed by atoms with Crippen molar-refractivity contribution in [1.29, 1.82) is 0 Å². The van der Waals surface area contributed by atoms with E-state index in [1.54, 1.807) is 0 Å². The molecule has 0 bridgehead atoms. The van der Waals surface area contributed by atoms with Crippen LogP contribution in [0.2, 0.25) is 0 Å². The molecular weight excluding hydrogens is 204 g/mol. The van der Waals surface area contributed by atoms with Gasteiger partial charge < -0.3 is 17.3 Å². The van der Waals surface area contributed by atoms with Crippen LogP contribution in [0.15, 0.2) is 17.8 Å². The molecule has 2 heterocycles. The Morgan fingerprint density at radius 3 is 1.47 bits per heavy atom. The number of aromatic amines is 2. The number of hydrogen-bond acceptors (Lipinski definition) is 8. The van der Waals surface area contributed by atoms with E-state index in [4.69, 9.17) is 11.5 Å². The Morgan fingerprint density at radius 2 is 1.40 bits per heavy atom. The minimum atomic E-state index is -0.0926. The lowest BCUT2D eigenvalue weighted by atomic mass is 11.1. The number of hydrogen-bond donors (Lipinski definition) is 5. The van der Waals surface area contributed by atoms with E-state index in [0.717, 1.165) is 0 Å². The van der Waals surface area contributed by atoms with Gasteiger partial charge in [0, 0.05) is 0 Å². The minimum absolute atomic E-state index is 0.0926. The van der Waals surface area contributed by atoms with E-state index in [0.29, 0.717) is 0 Å². The molecule has 0 atom stereocenters. The zero-order chi connectivity index (χ0) is 11.4. The maximum atomic E-state index is 4.69. The van der Waals surface area contributed by atoms with Crippen LogP contribution in [0.4, 0.5) is 0 Å². The van der Waals surface area contributed by atoms with Crippen LogP contribution in [0, 0.1) is 0 Å². The predicted molar refractivity (Wildman–Crippen MR) is 48.4 cm³/mol. The molecule has 0 aliphatic heterocycles. The van der Waals surface area contributed by atoms with Gasteiger partial charge in [-0.3, -0.25) is 0 Å². The molecule has 82 valence electrons. The summed E-state index contributed by atoms with van der Waals surface area (Å²) < 4.78 is 0. The fourth-order valence-electron chi connectivity index (χ4n) is 0.258. The summed E-state index contributed by atoms with van der Waals surface area (Å²) in [5.74, 6) is 4.42. The topological polar surface area (TPSA) is 199 Å². The molecule has 12 nitrogen and oxygen atoms in total. The second-order valence-electron chi connectivity index (χ2n) is 1.67. The highest BCUT2D eigenvalue weighted by molar-refractivity contribution is 5.75. The van der Waals surface area contributed by atoms with E-state index in [-0.39, 0.29) is 5.96 Å². The Kier molecular flexibility index (Phi) is 7.57. The number of nitrogens with zero attached hydrogens (tertiary/aromatic N) is 7. The summed E-state index contributed by atoms with van der Waals surface area (Å²) in [4.78, 5) is 0. The summed E-state index contributed by atoms with van der Waals surface area (Å²) in [6.07, 6.45) is 2.67. The normalized spacial score (nSPS) is 7.47. The minimum Gasteiger partial charge on any atom is -0.369 e. The van der Waals surface area contributed by atoms with Gasteiger partial charge in [-0.1, -0.05) is 10.4 Å². The first-order valence-electron chi connectivity index (χ1n) is 3.39. The molecule has 8 N–H and O–H groups in total. The highest BCUT2D eigenvalue weighted by Gasteiger charge is 1.62. The largest absolute Gasteiger partial charge is 0.369 e. The van der Waals surface area contributed by atoms with Crippen LogP contribution in [0.5, 0.6) is 0 Å². The summed E-state index contributed by atoms with van der Waals surface area (Å²) in [5, 5.41) is 27.2. The lowest BCUT2D eigenvalue weighted by molar-refractivity contribution is 0.881. The SMILES string of the molecule is NN=C(N)N.c1nn[nH]n1.c1nn[nH]n1. The molecule has 0 aliphatic carbocycles. The van der Waals surface area contributed by atoms with Gasteiger partial charge in [0.05, 0.1) is 0 Å². The number of nitrogens with one attached hydrogen (secondary N) is 2. The molecule has 0 aromatic carbocycles. The van der Waals surface area contributed by atoms with Crippen molar-refractivity contribution in [2.45, 2.75) is 0 Å². The van der Waals surface area contributed by atoms with Crippen molar-refractivity contribution in [2.75, 3.05) is 0 Å². The van der Waals surface area contributed by atoms with Gasteiger partial charge >= 0.3 is 0 Å². The Hall–Kier alpha value is -2.79. The number of nitrogens with two attached hydrogens (primary N) is 3. The first-order chi connectivity index (χ1) is 7.27. The number of hydrazone groups is 1. The van der Waals surface area contributed by atoms with Crippen LogP contribution in [0.25, 0.3) is 0 Å². The van der Waals surface area contributed by atoms with Crippen molar-refractivity contribution in [3.05, 3.63) is 12.7 Å². The molecule has 0 fully saturated rings. The molecule has 2 rings (SSSR count). The lowest BCUT2D eigenvalue weighted by Gasteiger charge is -1.76. The Bertz CT molecular complexity index is 242. The summed E-state index contributed by atoms with van der Waals surface area (Å²) in [7, 11) is 0. The third-order valence-corrected chi connectivity index (χ3v) is 0.688. The predicted octanol–water partition coefficient (Wildman–Crippen LogP) is -3.47. The van der Waals surface area contributed by atoms with Gasteiger partial charge in [0.1, 0.15) is 0 Å². The number of H-pyrrole nitrogens is 2. The van der Waals surface area contributed by atoms with Crippen LogP contribution in [-0.4, -0.2) is 47.2 Å². The average Bonchev–Trinajstić information content (AvgIpc) is 2.96. The maximum absolute atomic E-state index is 4.69. The number of tetrazole rings is 2. The van der Waals surface area contributed by atoms with Crippen molar-refractivity contribution in [3.63, 3.8) is 0 Å². The molecule has 15 heavy (non-hydrogen) atoms. The van der Waals surface area contributed by atoms with Gasteiger partial charge in [-0.25, -0.2) is 0 Å². The first kappa shape index (κ1) is 12.2. The van der Waals surface area contributed by atoms with Gasteiger partial charge in [-0.2, -0.15) is 10.4 Å². The van der Waals surface area contributed by atoms with Gasteiger partial charge in [0.15, 0.2) is 12.7 Å². The van der Waals surface area contributed by atoms with Crippen LogP contribution in [-0.2, 0) is 0 Å². The van der Waals surface area contributed by atoms with Crippen molar-refractivity contribution >= 4 is 5.96 Å². The molecular formula is C3H10N12. The third kappa shape index (κ3) is 11.2. The smallest absolute Gasteiger partial charge is 0.208 e. The average molecular weight is 214 g/mol. The van der Waals surface area contributed by atoms with Gasteiger partial charge in [0.25, 0.3) is 0 Å². The lowest BCUT2D eigenvalue weighted by Crippen LogP contribution is -2.23. The summed E-state index contributed by atoms with van der Waals surface area (Å²) in [5.41, 5.74) is 9.39. The third-order valence-electron chi connectivity index (χ3n) is 0.688. The van der Waals surface area contributed by atoms with Gasteiger partial charge in [-0.15, -0.1) is 25.5 Å². The summed E-state index contributed by atoms with van der Waals surface area (Å²) >= 11 is 0. The van der Waals surface area contributed by atoms with Gasteiger partial charge in [0.2, 0.25) is 5.96 Å². The Balaban J connectivity index is 0.000000196. The molecule has 0 unspecified atom stereocenters. The molecule has 12 heteroatoms. The van der Waals surface area contributed by atoms with E-state index < -0.39 is 0 Å². The van der Waals surface area contributed by atoms with E-state index >= 15 is 0 Å². The second-order valence-corrected chi connectivity index (χ2v) is 1.67. The van der Waals surface area contributed by atoms with E-state index in [1.807, 2.05) is 0 Å². The fourth-order valence-corrected chi connectivity index (χ4v) is 0.258. The van der Waals surface area contributed by atoms with E-state index in [1.165, 1.54) is 12.7 Å². The highest BCUT2D eigenvalue weighted by Crippen LogP contribution is 1.44. The van der Waals surface area contributed by atoms with Crippen molar-refractivity contribution in [2.24, 2.45) is 22.4 Å². The van der Waals surface area contributed by atoms with Gasteiger partial charge in [-0.05, 0) is 0 Å². The van der Waals surface area contributed by atoms with E-state index in [2.05, 4.69) is 52.2 Å². The molecule has 0 amide bonds. The zero-order valence-corrected chi connectivity index (χ0v) is 7.52. The highest BCUT2D eigenvalue weighted by atomic mass is 15.5. The molecule has 0 saturated heterocycles. The van der Waals surface area contributed by atoms with Crippen LogP contribution in [0.1, 0.15) is 0 Å². The van der Waals surface area contributed by atoms with Crippen molar-refractivity contribution in [3.8, 4) is 0 Å². The molecule has 0 saturated carbocycles. The molecule has 0 aliphatic rings. The molecule has 2 aromatic heterocycles. The van der Waals surface area contributed by atoms with Crippen molar-refractivity contribution < 1.29 is 0 Å². The maximum Gasteiger partial charge on any atom is 0.208 e. The zero-order valence-electron chi connectivity index (χ0n) is 7.52.